The van der Waals surface area contributed by atoms with Crippen molar-refractivity contribution in [2.75, 3.05) is 12.9 Å². The highest BCUT2D eigenvalue weighted by Crippen LogP contribution is 2.41. The van der Waals surface area contributed by atoms with Crippen molar-refractivity contribution in [3.63, 3.8) is 0 Å². The number of hydrogen-bond acceptors (Lipinski definition) is 3. The topological polar surface area (TPSA) is 43.4 Å². The van der Waals surface area contributed by atoms with Crippen LogP contribution in [0.3, 0.4) is 0 Å². The Balaban J connectivity index is 2.16. The minimum absolute atomic E-state index is 0.386. The van der Waals surface area contributed by atoms with Crippen LogP contribution < -0.4 is 0 Å². The summed E-state index contributed by atoms with van der Waals surface area (Å²) in [4.78, 5) is 0. The van der Waals surface area contributed by atoms with Gasteiger partial charge < -0.3 is 0 Å². The van der Waals surface area contributed by atoms with E-state index in [1.165, 1.54) is 0 Å². The summed E-state index contributed by atoms with van der Waals surface area (Å²) in [6.45, 7) is 2.50. The first-order chi connectivity index (χ1) is 5.03. The van der Waals surface area contributed by atoms with Crippen molar-refractivity contribution in [3.05, 3.63) is 0 Å². The van der Waals surface area contributed by atoms with Crippen LogP contribution in [0.2, 0.25) is 0 Å². The van der Waals surface area contributed by atoms with Crippen LogP contribution in [0.15, 0.2) is 0 Å². The second-order valence-electron chi connectivity index (χ2n) is 3.15. The highest BCUT2D eigenvalue weighted by atomic mass is 32.2. The summed E-state index contributed by atoms with van der Waals surface area (Å²) in [6, 6.07) is 0. The molecule has 0 amide bonds. The van der Waals surface area contributed by atoms with E-state index in [0.29, 0.717) is 18.4 Å². The molecule has 0 N–H and O–H groups in total. The largest absolute Gasteiger partial charge is 0.270 e. The Hall–Kier alpha value is -0.0900. The van der Waals surface area contributed by atoms with Gasteiger partial charge in [0.15, 0.2) is 0 Å². The molecule has 1 fully saturated rings. The fourth-order valence-corrected chi connectivity index (χ4v) is 1.65. The second-order valence-corrected chi connectivity index (χ2v) is 4.80. The maximum atomic E-state index is 10.5. The molecule has 0 aromatic heterocycles. The van der Waals surface area contributed by atoms with Crippen LogP contribution in [-0.4, -0.2) is 21.3 Å². The van der Waals surface area contributed by atoms with Crippen molar-refractivity contribution in [2.24, 2.45) is 11.8 Å². The lowest BCUT2D eigenvalue weighted by molar-refractivity contribution is 0.297. The first-order valence-corrected chi connectivity index (χ1v) is 5.69. The van der Waals surface area contributed by atoms with E-state index in [0.717, 1.165) is 19.1 Å². The zero-order chi connectivity index (χ0) is 8.48. The quantitative estimate of drug-likeness (QED) is 0.603. The molecule has 1 aliphatic rings. The summed E-state index contributed by atoms with van der Waals surface area (Å²) in [5, 5.41) is 0. The monoisotopic (exact) mass is 178 g/mol. The van der Waals surface area contributed by atoms with Crippen molar-refractivity contribution >= 4 is 10.1 Å². The zero-order valence-electron chi connectivity index (χ0n) is 6.91. The molecule has 0 radical (unpaired) electrons. The molecule has 3 nitrogen and oxygen atoms in total. The molecule has 4 heteroatoms. The summed E-state index contributed by atoms with van der Waals surface area (Å²) < 4.78 is 25.7. The van der Waals surface area contributed by atoms with Gasteiger partial charge in [0.1, 0.15) is 0 Å². The highest BCUT2D eigenvalue weighted by molar-refractivity contribution is 7.85. The van der Waals surface area contributed by atoms with Crippen molar-refractivity contribution in [2.45, 2.75) is 19.8 Å². The standard InChI is InChI=1S/C7H14O3S/c1-3-6-4-7(6)5-10-11(2,8)9/h6-7H,3-5H2,1-2H3. The average Bonchev–Trinajstić information content (AvgIpc) is 2.60. The molecule has 0 heterocycles. The molecule has 2 atom stereocenters. The van der Waals surface area contributed by atoms with Crippen LogP contribution in [0, 0.1) is 11.8 Å². The normalized spacial score (nSPS) is 30.4. The van der Waals surface area contributed by atoms with Crippen LogP contribution >= 0.6 is 0 Å². The fourth-order valence-electron chi connectivity index (χ4n) is 1.23. The van der Waals surface area contributed by atoms with Crippen molar-refractivity contribution in [1.29, 1.82) is 0 Å². The van der Waals surface area contributed by atoms with E-state index in [9.17, 15) is 8.42 Å². The minimum Gasteiger partial charge on any atom is -0.270 e. The summed E-state index contributed by atoms with van der Waals surface area (Å²) in [6.07, 6.45) is 3.36. The summed E-state index contributed by atoms with van der Waals surface area (Å²) in [7, 11) is -3.21. The van der Waals surface area contributed by atoms with Gasteiger partial charge in [-0.3, -0.25) is 4.18 Å². The van der Waals surface area contributed by atoms with Gasteiger partial charge in [-0.1, -0.05) is 13.3 Å². The van der Waals surface area contributed by atoms with Crippen molar-refractivity contribution in [1.82, 2.24) is 0 Å². The third kappa shape index (κ3) is 3.20. The van der Waals surface area contributed by atoms with E-state index in [-0.39, 0.29) is 0 Å². The van der Waals surface area contributed by atoms with Gasteiger partial charge in [-0.15, -0.1) is 0 Å². The summed E-state index contributed by atoms with van der Waals surface area (Å²) >= 11 is 0. The molecule has 1 aliphatic carbocycles. The Labute approximate surface area is 67.9 Å². The third-order valence-corrected chi connectivity index (χ3v) is 2.65. The molecular weight excluding hydrogens is 164 g/mol. The van der Waals surface area contributed by atoms with Crippen LogP contribution in [0.5, 0.6) is 0 Å². The Morgan fingerprint density at radius 2 is 2.09 bits per heavy atom. The SMILES string of the molecule is CCC1CC1COS(C)(=O)=O. The Kier molecular flexibility index (Phi) is 2.54. The smallest absolute Gasteiger partial charge is 0.264 e. The summed E-state index contributed by atoms with van der Waals surface area (Å²) in [5.41, 5.74) is 0. The Bertz CT molecular complexity index is 220. The van der Waals surface area contributed by atoms with Gasteiger partial charge in [0.25, 0.3) is 10.1 Å². The molecule has 0 aliphatic heterocycles. The molecule has 0 aromatic carbocycles. The lowest BCUT2D eigenvalue weighted by atomic mass is 10.3. The number of rotatable bonds is 4. The van der Waals surface area contributed by atoms with E-state index in [4.69, 9.17) is 0 Å². The van der Waals surface area contributed by atoms with Crippen molar-refractivity contribution < 1.29 is 12.6 Å². The Morgan fingerprint density at radius 1 is 1.45 bits per heavy atom. The van der Waals surface area contributed by atoms with Crippen LogP contribution in [0.25, 0.3) is 0 Å². The van der Waals surface area contributed by atoms with Gasteiger partial charge in [-0.05, 0) is 18.3 Å². The predicted octanol–water partition coefficient (Wildman–Crippen LogP) is 1.01. The molecule has 11 heavy (non-hydrogen) atoms. The maximum absolute atomic E-state index is 10.5. The van der Waals surface area contributed by atoms with E-state index >= 15 is 0 Å². The zero-order valence-corrected chi connectivity index (χ0v) is 7.73. The predicted molar refractivity (Wildman–Crippen MR) is 42.7 cm³/mol. The van der Waals surface area contributed by atoms with Crippen molar-refractivity contribution in [3.8, 4) is 0 Å². The van der Waals surface area contributed by atoms with Crippen LogP contribution in [0.4, 0.5) is 0 Å². The van der Waals surface area contributed by atoms with Gasteiger partial charge in [-0.25, -0.2) is 0 Å². The fraction of sp³-hybridized carbons (Fsp3) is 1.00. The first-order valence-electron chi connectivity index (χ1n) is 3.87. The molecule has 0 aromatic rings. The molecule has 0 bridgehead atoms. The van der Waals surface area contributed by atoms with Crippen LogP contribution in [0.1, 0.15) is 19.8 Å². The highest BCUT2D eigenvalue weighted by Gasteiger charge is 2.35. The molecule has 0 spiro atoms. The van der Waals surface area contributed by atoms with E-state index in [2.05, 4.69) is 11.1 Å². The van der Waals surface area contributed by atoms with Gasteiger partial charge in [0.05, 0.1) is 12.9 Å². The maximum Gasteiger partial charge on any atom is 0.264 e. The molecular formula is C7H14O3S. The van der Waals surface area contributed by atoms with Gasteiger partial charge in [0.2, 0.25) is 0 Å². The molecule has 1 saturated carbocycles. The van der Waals surface area contributed by atoms with Gasteiger partial charge >= 0.3 is 0 Å². The molecule has 1 rings (SSSR count). The van der Waals surface area contributed by atoms with Gasteiger partial charge in [-0.2, -0.15) is 8.42 Å². The third-order valence-electron chi connectivity index (χ3n) is 2.09. The van der Waals surface area contributed by atoms with E-state index in [1.807, 2.05) is 0 Å². The lowest BCUT2D eigenvalue weighted by Gasteiger charge is -1.98. The molecule has 66 valence electrons. The van der Waals surface area contributed by atoms with Crippen LogP contribution in [-0.2, 0) is 14.3 Å². The molecule has 2 unspecified atom stereocenters. The molecule has 0 saturated heterocycles. The van der Waals surface area contributed by atoms with Gasteiger partial charge in [0, 0.05) is 0 Å². The second kappa shape index (κ2) is 3.11. The van der Waals surface area contributed by atoms with E-state index < -0.39 is 10.1 Å². The lowest BCUT2D eigenvalue weighted by Crippen LogP contribution is -2.06. The summed E-state index contributed by atoms with van der Waals surface area (Å²) in [5.74, 6) is 1.20. The number of hydrogen-bond donors (Lipinski definition) is 0. The minimum atomic E-state index is -3.21. The average molecular weight is 178 g/mol. The first kappa shape index (κ1) is 9.00. The van der Waals surface area contributed by atoms with E-state index in [1.54, 1.807) is 0 Å². The Morgan fingerprint density at radius 3 is 2.45 bits per heavy atom.